The van der Waals surface area contributed by atoms with Gasteiger partial charge in [-0.1, -0.05) is 34.9 Å². The van der Waals surface area contributed by atoms with Crippen LogP contribution in [-0.2, 0) is 19.1 Å². The van der Waals surface area contributed by atoms with E-state index in [0.29, 0.717) is 24.0 Å². The normalized spacial score (nSPS) is 14.1. The molecule has 0 N–H and O–H groups in total. The topological polar surface area (TPSA) is 52.6 Å². The largest absolute Gasteiger partial charge is 0.466 e. The zero-order valence-corrected chi connectivity index (χ0v) is 17.2. The first-order valence-electron chi connectivity index (χ1n) is 9.02. The molecule has 0 fully saturated rings. The van der Waals surface area contributed by atoms with Crippen LogP contribution >= 0.6 is 0 Å². The van der Waals surface area contributed by atoms with Crippen molar-refractivity contribution in [1.29, 1.82) is 0 Å². The van der Waals surface area contributed by atoms with Gasteiger partial charge in [0.05, 0.1) is 7.11 Å². The number of carbonyl (C=O) groups is 2. The molecule has 0 atom stereocenters. The van der Waals surface area contributed by atoms with Crippen LogP contribution in [0.25, 0.3) is 0 Å². The van der Waals surface area contributed by atoms with E-state index in [1.807, 2.05) is 0 Å². The summed E-state index contributed by atoms with van der Waals surface area (Å²) in [5.41, 5.74) is 5.06. The molecule has 146 valence electrons. The van der Waals surface area contributed by atoms with Crippen molar-refractivity contribution in [2.75, 3.05) is 21.3 Å². The molecule has 1 aliphatic carbocycles. The molecule has 0 aromatic carbocycles. The predicted octanol–water partition coefficient (Wildman–Crippen LogP) is 5.11. The van der Waals surface area contributed by atoms with E-state index < -0.39 is 5.97 Å². The Morgan fingerprint density at radius 1 is 1.12 bits per heavy atom. The molecule has 0 aliphatic heterocycles. The van der Waals surface area contributed by atoms with Gasteiger partial charge < -0.3 is 9.47 Å². The maximum absolute atomic E-state index is 11.6. The molecule has 0 aromatic heterocycles. The lowest BCUT2D eigenvalue weighted by atomic mass is 9.90. The highest BCUT2D eigenvalue weighted by molar-refractivity contribution is 5.96. The minimum atomic E-state index is -0.391. The third kappa shape index (κ3) is 10.1. The van der Waals surface area contributed by atoms with Crippen molar-refractivity contribution < 1.29 is 19.1 Å². The lowest BCUT2D eigenvalue weighted by Crippen LogP contribution is -2.12. The minimum absolute atomic E-state index is 0.391. The van der Waals surface area contributed by atoms with E-state index in [4.69, 9.17) is 4.74 Å². The molecular formula is C22H34O4. The van der Waals surface area contributed by atoms with Crippen LogP contribution in [0.2, 0.25) is 0 Å². The number of methoxy groups -OCH3 is 2. The van der Waals surface area contributed by atoms with Crippen molar-refractivity contribution in [2.45, 2.75) is 59.3 Å². The van der Waals surface area contributed by atoms with Gasteiger partial charge in [0.15, 0.2) is 0 Å². The summed E-state index contributed by atoms with van der Waals surface area (Å²) in [6.07, 6.45) is 12.6. The Labute approximate surface area is 158 Å². The summed E-state index contributed by atoms with van der Waals surface area (Å²) in [4.78, 5) is 22.8. The second-order valence-electron chi connectivity index (χ2n) is 6.67. The lowest BCUT2D eigenvalue weighted by molar-refractivity contribution is -0.136. The highest BCUT2D eigenvalue weighted by atomic mass is 16.5. The van der Waals surface area contributed by atoms with E-state index >= 15 is 0 Å². The summed E-state index contributed by atoms with van der Waals surface area (Å²) < 4.78 is 8.97. The smallest absolute Gasteiger partial charge is 0.334 e. The van der Waals surface area contributed by atoms with Crippen molar-refractivity contribution in [3.8, 4) is 0 Å². The molecule has 1 rings (SSSR count). The second kappa shape index (κ2) is 14.3. The Bertz CT molecular complexity index is 573. The molecule has 0 bridgehead atoms. The average Bonchev–Trinajstić information content (AvgIpc) is 2.61. The summed E-state index contributed by atoms with van der Waals surface area (Å²) in [7, 11) is 4.60. The first-order valence-corrected chi connectivity index (χ1v) is 9.02. The zero-order chi connectivity index (χ0) is 19.9. The number of esters is 1. The third-order valence-electron chi connectivity index (χ3n) is 4.02. The van der Waals surface area contributed by atoms with Crippen LogP contribution in [0.3, 0.4) is 0 Å². The van der Waals surface area contributed by atoms with E-state index in [9.17, 15) is 9.59 Å². The molecule has 0 spiro atoms. The van der Waals surface area contributed by atoms with E-state index in [2.05, 4.69) is 43.7 Å². The van der Waals surface area contributed by atoms with Gasteiger partial charge in [-0.15, -0.1) is 0 Å². The monoisotopic (exact) mass is 362 g/mol. The van der Waals surface area contributed by atoms with Gasteiger partial charge in [0.2, 0.25) is 0 Å². The van der Waals surface area contributed by atoms with Crippen molar-refractivity contribution in [3.05, 3.63) is 46.1 Å². The van der Waals surface area contributed by atoms with Gasteiger partial charge in [0.1, 0.15) is 6.29 Å². The fraction of sp³-hybridized carbons (Fsp3) is 0.545. The summed E-state index contributed by atoms with van der Waals surface area (Å²) in [5.74, 6) is -0.391. The maximum atomic E-state index is 11.6. The Morgan fingerprint density at radius 2 is 1.77 bits per heavy atom. The van der Waals surface area contributed by atoms with Crippen LogP contribution in [0.4, 0.5) is 0 Å². The van der Waals surface area contributed by atoms with Crippen molar-refractivity contribution >= 4 is 12.3 Å². The fourth-order valence-corrected chi connectivity index (χ4v) is 2.64. The number of rotatable bonds is 8. The lowest BCUT2D eigenvalue weighted by Gasteiger charge is -2.16. The van der Waals surface area contributed by atoms with Gasteiger partial charge in [0.25, 0.3) is 0 Å². The molecule has 0 unspecified atom stereocenters. The summed E-state index contributed by atoms with van der Waals surface area (Å²) in [5, 5.41) is 0. The third-order valence-corrected chi connectivity index (χ3v) is 4.02. The fourth-order valence-electron chi connectivity index (χ4n) is 2.64. The standard InChI is InChI=1S/C20H28O3.C2H6O/c1-15(2)7-5-8-16(3)9-6-10-17-11-12-19(20(22)23-4)18(13-17)14-21;1-3-2/h7,9,11,14H,5-6,8,10,12-13H2,1-4H3;1-2H3/b16-9+;. The average molecular weight is 363 g/mol. The van der Waals surface area contributed by atoms with E-state index in [-0.39, 0.29) is 0 Å². The van der Waals surface area contributed by atoms with Crippen molar-refractivity contribution in [1.82, 2.24) is 0 Å². The molecule has 0 saturated heterocycles. The molecule has 26 heavy (non-hydrogen) atoms. The maximum Gasteiger partial charge on any atom is 0.334 e. The predicted molar refractivity (Wildman–Crippen MR) is 107 cm³/mol. The minimum Gasteiger partial charge on any atom is -0.466 e. The van der Waals surface area contributed by atoms with Crippen LogP contribution in [0.5, 0.6) is 0 Å². The molecule has 4 nitrogen and oxygen atoms in total. The van der Waals surface area contributed by atoms with Crippen molar-refractivity contribution in [2.24, 2.45) is 0 Å². The van der Waals surface area contributed by atoms with Gasteiger partial charge >= 0.3 is 5.97 Å². The van der Waals surface area contributed by atoms with Gasteiger partial charge in [-0.05, 0) is 59.3 Å². The number of ether oxygens (including phenoxy) is 2. The molecule has 1 aliphatic rings. The SMILES string of the molecule is COC.COC(=O)C1=C(C=O)CC(CC/C=C(\C)CCC=C(C)C)=CC1. The van der Waals surface area contributed by atoms with Gasteiger partial charge in [-0.3, -0.25) is 4.79 Å². The molecule has 0 radical (unpaired) electrons. The van der Waals surface area contributed by atoms with Gasteiger partial charge in [-0.2, -0.15) is 0 Å². The number of aldehydes is 1. The van der Waals surface area contributed by atoms with Crippen LogP contribution < -0.4 is 0 Å². The molecule has 0 heterocycles. The second-order valence-corrected chi connectivity index (χ2v) is 6.67. The van der Waals surface area contributed by atoms with E-state index in [1.54, 1.807) is 14.2 Å². The van der Waals surface area contributed by atoms with Gasteiger partial charge in [0, 0.05) is 25.4 Å². The number of hydrogen-bond donors (Lipinski definition) is 0. The van der Waals surface area contributed by atoms with E-state index in [0.717, 1.165) is 32.0 Å². The first kappa shape index (κ1) is 24.1. The molecule has 0 saturated carbocycles. The summed E-state index contributed by atoms with van der Waals surface area (Å²) in [6, 6.07) is 0. The first-order chi connectivity index (χ1) is 12.4. The van der Waals surface area contributed by atoms with Gasteiger partial charge in [-0.25, -0.2) is 4.79 Å². The molecular weight excluding hydrogens is 328 g/mol. The molecule has 0 aromatic rings. The molecule has 0 amide bonds. The van der Waals surface area contributed by atoms with Crippen LogP contribution in [0, 0.1) is 0 Å². The van der Waals surface area contributed by atoms with Crippen molar-refractivity contribution in [3.63, 3.8) is 0 Å². The summed E-state index contributed by atoms with van der Waals surface area (Å²) >= 11 is 0. The zero-order valence-electron chi connectivity index (χ0n) is 17.2. The quantitative estimate of drug-likeness (QED) is 0.342. The number of hydrogen-bond acceptors (Lipinski definition) is 4. The Balaban J connectivity index is 0.00000194. The molecule has 4 heteroatoms. The summed E-state index contributed by atoms with van der Waals surface area (Å²) in [6.45, 7) is 6.41. The van der Waals surface area contributed by atoms with E-state index in [1.165, 1.54) is 23.8 Å². The van der Waals surface area contributed by atoms with Crippen LogP contribution in [-0.4, -0.2) is 33.6 Å². The Hall–Kier alpha value is -1.94. The highest BCUT2D eigenvalue weighted by Crippen LogP contribution is 2.27. The number of carbonyl (C=O) groups excluding carboxylic acids is 2. The number of allylic oxidation sites excluding steroid dienone is 7. The van der Waals surface area contributed by atoms with Crippen LogP contribution in [0.1, 0.15) is 59.3 Å². The Morgan fingerprint density at radius 3 is 2.31 bits per heavy atom. The Kier molecular flexibility index (Phi) is 13.2. The highest BCUT2D eigenvalue weighted by Gasteiger charge is 2.19. The van der Waals surface area contributed by atoms with Crippen LogP contribution in [0.15, 0.2) is 46.1 Å².